The van der Waals surface area contributed by atoms with Crippen LogP contribution in [0.4, 0.5) is 5.95 Å². The summed E-state index contributed by atoms with van der Waals surface area (Å²) in [7, 11) is 1.68. The smallest absolute Gasteiger partial charge is 0.228 e. The van der Waals surface area contributed by atoms with Gasteiger partial charge in [-0.15, -0.1) is 21.5 Å². The van der Waals surface area contributed by atoms with Crippen molar-refractivity contribution in [3.05, 3.63) is 33.7 Å². The van der Waals surface area contributed by atoms with Crippen molar-refractivity contribution >= 4 is 45.0 Å². The van der Waals surface area contributed by atoms with E-state index in [-0.39, 0.29) is 0 Å². The first-order valence-corrected chi connectivity index (χ1v) is 12.0. The third kappa shape index (κ3) is 4.60. The Morgan fingerprint density at radius 1 is 1.28 bits per heavy atom. The summed E-state index contributed by atoms with van der Waals surface area (Å²) in [5.74, 6) is 2.49. The minimum atomic E-state index is 0.736. The summed E-state index contributed by atoms with van der Waals surface area (Å²) in [6.07, 6.45) is 0. The fourth-order valence-corrected chi connectivity index (χ4v) is 5.34. The number of aromatic nitrogens is 4. The quantitative estimate of drug-likeness (QED) is 0.452. The minimum Gasteiger partial charge on any atom is -0.496 e. The third-order valence-electron chi connectivity index (χ3n) is 4.60. The van der Waals surface area contributed by atoms with Gasteiger partial charge in [0.25, 0.3) is 0 Å². The van der Waals surface area contributed by atoms with Crippen molar-refractivity contribution in [2.75, 3.05) is 38.3 Å². The van der Waals surface area contributed by atoms with Gasteiger partial charge in [0.2, 0.25) is 5.95 Å². The highest BCUT2D eigenvalue weighted by Gasteiger charge is 2.20. The number of nitrogens with zero attached hydrogens (tertiary/aromatic N) is 5. The van der Waals surface area contributed by atoms with E-state index in [0.29, 0.717) is 0 Å². The van der Waals surface area contributed by atoms with E-state index >= 15 is 0 Å². The zero-order valence-electron chi connectivity index (χ0n) is 16.3. The van der Waals surface area contributed by atoms with Gasteiger partial charge in [-0.05, 0) is 25.1 Å². The molecule has 0 N–H and O–H groups in total. The van der Waals surface area contributed by atoms with E-state index in [1.165, 1.54) is 0 Å². The lowest BCUT2D eigenvalue weighted by Crippen LogP contribution is -2.38. The Labute approximate surface area is 186 Å². The molecule has 3 aromatic rings. The highest BCUT2D eigenvalue weighted by Crippen LogP contribution is 2.35. The van der Waals surface area contributed by atoms with Crippen LogP contribution in [-0.4, -0.2) is 53.2 Å². The molecule has 7 nitrogen and oxygen atoms in total. The molecular weight excluding hydrogens is 474 g/mol. The molecule has 3 heterocycles. The molecule has 29 heavy (non-hydrogen) atoms. The summed E-state index contributed by atoms with van der Waals surface area (Å²) < 4.78 is 14.1. The first-order valence-electron chi connectivity index (χ1n) is 9.36. The molecule has 0 saturated carbocycles. The highest BCUT2D eigenvalue weighted by molar-refractivity contribution is 9.10. The molecule has 0 aliphatic carbocycles. The zero-order valence-corrected chi connectivity index (χ0v) is 19.5. The van der Waals surface area contributed by atoms with Crippen molar-refractivity contribution in [3.63, 3.8) is 0 Å². The minimum absolute atomic E-state index is 0.736. The standard InChI is InChI=1S/C19H22BrN5O2S2/c1-3-25-18(24-6-8-27-9-7-24)22-23-19(25)29-12-14-11-28-17(21-14)15-10-13(20)4-5-16(15)26-2/h4-5,10-11H,3,6-9,12H2,1-2H3. The van der Waals surface area contributed by atoms with Gasteiger partial charge in [-0.2, -0.15) is 0 Å². The maximum atomic E-state index is 5.49. The zero-order chi connectivity index (χ0) is 20.2. The third-order valence-corrected chi connectivity index (χ3v) is 7.02. The van der Waals surface area contributed by atoms with E-state index < -0.39 is 0 Å². The molecule has 0 amide bonds. The van der Waals surface area contributed by atoms with Crippen LogP contribution in [0.25, 0.3) is 10.6 Å². The van der Waals surface area contributed by atoms with Crippen molar-refractivity contribution in [3.8, 4) is 16.3 Å². The van der Waals surface area contributed by atoms with Crippen molar-refractivity contribution in [1.82, 2.24) is 19.7 Å². The van der Waals surface area contributed by atoms with Gasteiger partial charge in [0.1, 0.15) is 10.8 Å². The second kappa shape index (κ2) is 9.46. The van der Waals surface area contributed by atoms with E-state index in [2.05, 4.69) is 47.9 Å². The topological polar surface area (TPSA) is 65.3 Å². The molecule has 0 spiro atoms. The molecule has 1 saturated heterocycles. The lowest BCUT2D eigenvalue weighted by molar-refractivity contribution is 0.121. The molecule has 1 aromatic carbocycles. The molecule has 154 valence electrons. The largest absolute Gasteiger partial charge is 0.496 e. The predicted molar refractivity (Wildman–Crippen MR) is 120 cm³/mol. The molecule has 0 bridgehead atoms. The molecule has 1 fully saturated rings. The van der Waals surface area contributed by atoms with E-state index in [9.17, 15) is 0 Å². The molecule has 0 radical (unpaired) electrons. The summed E-state index contributed by atoms with van der Waals surface area (Å²) in [6.45, 7) is 6.14. The fourth-order valence-electron chi connectivity index (χ4n) is 3.14. The van der Waals surface area contributed by atoms with Crippen molar-refractivity contribution < 1.29 is 9.47 Å². The predicted octanol–water partition coefficient (Wildman–Crippen LogP) is 4.32. The number of morpholine rings is 1. The van der Waals surface area contributed by atoms with Crippen molar-refractivity contribution in [2.24, 2.45) is 0 Å². The Hall–Kier alpha value is -1.62. The van der Waals surface area contributed by atoms with Crippen molar-refractivity contribution in [2.45, 2.75) is 24.4 Å². The number of rotatable bonds is 7. The average molecular weight is 496 g/mol. The average Bonchev–Trinajstić information content (AvgIpc) is 3.39. The van der Waals surface area contributed by atoms with Crippen LogP contribution in [0, 0.1) is 0 Å². The number of benzene rings is 1. The van der Waals surface area contributed by atoms with E-state index in [1.807, 2.05) is 18.2 Å². The van der Waals surface area contributed by atoms with Gasteiger partial charge in [0.15, 0.2) is 5.16 Å². The molecule has 2 aromatic heterocycles. The van der Waals surface area contributed by atoms with E-state index in [0.717, 1.165) is 76.2 Å². The molecule has 1 aliphatic rings. The first-order chi connectivity index (χ1) is 14.2. The van der Waals surface area contributed by atoms with Crippen LogP contribution >= 0.6 is 39.0 Å². The van der Waals surface area contributed by atoms with Crippen LogP contribution < -0.4 is 9.64 Å². The molecule has 1 aliphatic heterocycles. The van der Waals surface area contributed by atoms with Gasteiger partial charge in [0, 0.05) is 35.2 Å². The van der Waals surface area contributed by atoms with Crippen LogP contribution in [0.1, 0.15) is 12.6 Å². The Bertz CT molecular complexity index is 971. The van der Waals surface area contributed by atoms with Crippen LogP contribution in [0.5, 0.6) is 5.75 Å². The van der Waals surface area contributed by atoms with Gasteiger partial charge in [-0.25, -0.2) is 4.98 Å². The van der Waals surface area contributed by atoms with Crippen LogP contribution in [0.15, 0.2) is 33.2 Å². The van der Waals surface area contributed by atoms with Crippen molar-refractivity contribution in [1.29, 1.82) is 0 Å². The SMILES string of the molecule is CCn1c(SCc2csc(-c3cc(Br)ccc3OC)n2)nnc1N1CCOCC1. The fraction of sp³-hybridized carbons (Fsp3) is 0.421. The Morgan fingerprint density at radius 2 is 2.10 bits per heavy atom. The lowest BCUT2D eigenvalue weighted by Gasteiger charge is -2.27. The van der Waals surface area contributed by atoms with E-state index in [1.54, 1.807) is 30.2 Å². The molecular formula is C19H22BrN5O2S2. The van der Waals surface area contributed by atoms with Gasteiger partial charge in [0.05, 0.1) is 31.6 Å². The summed E-state index contributed by atoms with van der Waals surface area (Å²) in [6, 6.07) is 5.96. The molecule has 4 rings (SSSR count). The lowest BCUT2D eigenvalue weighted by atomic mass is 10.2. The normalized spacial score (nSPS) is 14.4. The van der Waals surface area contributed by atoms with E-state index in [4.69, 9.17) is 14.5 Å². The van der Waals surface area contributed by atoms with Gasteiger partial charge in [-0.3, -0.25) is 4.57 Å². The molecule has 0 atom stereocenters. The Morgan fingerprint density at radius 3 is 2.86 bits per heavy atom. The number of methoxy groups -OCH3 is 1. The van der Waals surface area contributed by atoms with Gasteiger partial charge in [-0.1, -0.05) is 27.7 Å². The first kappa shape index (κ1) is 20.6. The monoisotopic (exact) mass is 495 g/mol. The molecule has 0 unspecified atom stereocenters. The molecule has 10 heteroatoms. The number of thiazole rings is 1. The highest BCUT2D eigenvalue weighted by atomic mass is 79.9. The number of ether oxygens (including phenoxy) is 2. The van der Waals surface area contributed by atoms with Gasteiger partial charge >= 0.3 is 0 Å². The second-order valence-corrected chi connectivity index (χ2v) is 9.12. The number of hydrogen-bond acceptors (Lipinski definition) is 8. The summed E-state index contributed by atoms with van der Waals surface area (Å²) in [5.41, 5.74) is 2.02. The van der Waals surface area contributed by atoms with Gasteiger partial charge < -0.3 is 14.4 Å². The maximum absolute atomic E-state index is 5.49. The summed E-state index contributed by atoms with van der Waals surface area (Å²) >= 11 is 6.82. The van der Waals surface area contributed by atoms with Crippen LogP contribution in [0.2, 0.25) is 0 Å². The summed E-state index contributed by atoms with van der Waals surface area (Å²) in [5, 5.41) is 12.8. The second-order valence-electron chi connectivity index (χ2n) is 6.40. The summed E-state index contributed by atoms with van der Waals surface area (Å²) in [4.78, 5) is 7.05. The van der Waals surface area contributed by atoms with Crippen LogP contribution in [-0.2, 0) is 17.0 Å². The number of anilines is 1. The number of thioether (sulfide) groups is 1. The Kier molecular flexibility index (Phi) is 6.74. The maximum Gasteiger partial charge on any atom is 0.228 e. The van der Waals surface area contributed by atoms with Crippen LogP contribution in [0.3, 0.4) is 0 Å². The Balaban J connectivity index is 1.48. The number of hydrogen-bond donors (Lipinski definition) is 0. The number of halogens is 1.